The molecular formula is C12H15N3O2S. The third-order valence-corrected chi connectivity index (χ3v) is 3.78. The Labute approximate surface area is 109 Å². The molecule has 0 bridgehead atoms. The Bertz CT molecular complexity index is 571. The van der Waals surface area contributed by atoms with Crippen LogP contribution < -0.4 is 0 Å². The Balaban J connectivity index is 2.40. The number of rotatable bonds is 4. The molecule has 0 atom stereocenters. The first-order valence-electron chi connectivity index (χ1n) is 5.68. The van der Waals surface area contributed by atoms with Crippen LogP contribution in [0.2, 0.25) is 0 Å². The van der Waals surface area contributed by atoms with Crippen molar-refractivity contribution in [3.05, 3.63) is 23.3 Å². The molecule has 0 spiro atoms. The van der Waals surface area contributed by atoms with Gasteiger partial charge in [0.15, 0.2) is 0 Å². The molecule has 0 amide bonds. The van der Waals surface area contributed by atoms with Gasteiger partial charge in [0.05, 0.1) is 11.4 Å². The highest BCUT2D eigenvalue weighted by molar-refractivity contribution is 7.13. The maximum absolute atomic E-state index is 11.2. The van der Waals surface area contributed by atoms with E-state index in [0.29, 0.717) is 5.69 Å². The van der Waals surface area contributed by atoms with E-state index in [2.05, 4.69) is 10.1 Å². The van der Waals surface area contributed by atoms with Crippen molar-refractivity contribution >= 4 is 17.3 Å². The second-order valence-electron chi connectivity index (χ2n) is 4.50. The Morgan fingerprint density at radius 2 is 2.28 bits per heavy atom. The smallest absolute Gasteiger partial charge is 0.315 e. The second-order valence-corrected chi connectivity index (χ2v) is 5.36. The summed E-state index contributed by atoms with van der Waals surface area (Å²) in [4.78, 5) is 15.6. The maximum Gasteiger partial charge on any atom is 0.315 e. The normalized spacial score (nSPS) is 11.7. The Hall–Kier alpha value is -1.69. The van der Waals surface area contributed by atoms with Crippen LogP contribution >= 0.6 is 11.3 Å². The number of aryl methyl sites for hydroxylation is 1. The van der Waals surface area contributed by atoms with Crippen molar-refractivity contribution in [3.8, 4) is 10.7 Å². The van der Waals surface area contributed by atoms with Gasteiger partial charge in [-0.15, -0.1) is 11.3 Å². The standard InChI is InChI=1S/C12H15N3O2S/c1-4-15-8(5-6-13-15)10-14-9(7-18-10)12(2,3)11(16)17/h5-7H,4H2,1-3H3,(H,16,17). The molecule has 2 rings (SSSR count). The summed E-state index contributed by atoms with van der Waals surface area (Å²) in [6, 6.07) is 1.89. The predicted molar refractivity (Wildman–Crippen MR) is 69.7 cm³/mol. The molecule has 96 valence electrons. The molecule has 5 nitrogen and oxygen atoms in total. The summed E-state index contributed by atoms with van der Waals surface area (Å²) >= 11 is 1.45. The third-order valence-electron chi connectivity index (χ3n) is 2.91. The van der Waals surface area contributed by atoms with Gasteiger partial charge >= 0.3 is 5.97 Å². The number of hydrogen-bond donors (Lipinski definition) is 1. The number of aliphatic carboxylic acids is 1. The summed E-state index contributed by atoms with van der Waals surface area (Å²) in [6.45, 7) is 6.09. The van der Waals surface area contributed by atoms with E-state index in [-0.39, 0.29) is 0 Å². The highest BCUT2D eigenvalue weighted by atomic mass is 32.1. The molecule has 0 saturated heterocycles. The number of carbonyl (C=O) groups is 1. The van der Waals surface area contributed by atoms with Crippen LogP contribution in [-0.4, -0.2) is 25.8 Å². The van der Waals surface area contributed by atoms with E-state index in [9.17, 15) is 9.90 Å². The molecule has 0 radical (unpaired) electrons. The lowest BCUT2D eigenvalue weighted by Crippen LogP contribution is -2.28. The highest BCUT2D eigenvalue weighted by Gasteiger charge is 2.32. The fraction of sp³-hybridized carbons (Fsp3) is 0.417. The largest absolute Gasteiger partial charge is 0.481 e. The Morgan fingerprint density at radius 3 is 2.89 bits per heavy atom. The number of thiazole rings is 1. The topological polar surface area (TPSA) is 68.0 Å². The molecular weight excluding hydrogens is 250 g/mol. The lowest BCUT2D eigenvalue weighted by Gasteiger charge is -2.15. The monoisotopic (exact) mass is 265 g/mol. The average Bonchev–Trinajstić information content (AvgIpc) is 2.97. The van der Waals surface area contributed by atoms with Gasteiger partial charge in [-0.3, -0.25) is 9.48 Å². The molecule has 0 fully saturated rings. The minimum Gasteiger partial charge on any atom is -0.481 e. The zero-order chi connectivity index (χ0) is 13.3. The lowest BCUT2D eigenvalue weighted by molar-refractivity contribution is -0.142. The molecule has 1 N–H and O–H groups in total. The van der Waals surface area contributed by atoms with Crippen LogP contribution in [0, 0.1) is 0 Å². The summed E-state index contributed by atoms with van der Waals surface area (Å²) < 4.78 is 1.84. The van der Waals surface area contributed by atoms with Crippen molar-refractivity contribution in [1.29, 1.82) is 0 Å². The molecule has 0 aliphatic rings. The van der Waals surface area contributed by atoms with Crippen molar-refractivity contribution in [3.63, 3.8) is 0 Å². The minimum absolute atomic E-state index is 0.582. The van der Waals surface area contributed by atoms with E-state index in [1.807, 2.05) is 17.7 Å². The van der Waals surface area contributed by atoms with E-state index < -0.39 is 11.4 Å². The molecule has 0 aromatic carbocycles. The van der Waals surface area contributed by atoms with Crippen molar-refractivity contribution in [1.82, 2.24) is 14.8 Å². The van der Waals surface area contributed by atoms with Crippen LogP contribution in [0.25, 0.3) is 10.7 Å². The van der Waals surface area contributed by atoms with Crippen LogP contribution in [-0.2, 0) is 16.8 Å². The quantitative estimate of drug-likeness (QED) is 0.921. The van der Waals surface area contributed by atoms with Gasteiger partial charge in [0.25, 0.3) is 0 Å². The lowest BCUT2D eigenvalue weighted by atomic mass is 9.90. The van der Waals surface area contributed by atoms with E-state index in [1.54, 1.807) is 25.4 Å². The Kier molecular flexibility index (Phi) is 3.21. The van der Waals surface area contributed by atoms with Crippen molar-refractivity contribution in [2.45, 2.75) is 32.7 Å². The van der Waals surface area contributed by atoms with Crippen molar-refractivity contribution in [2.75, 3.05) is 0 Å². The van der Waals surface area contributed by atoms with Gasteiger partial charge in [0.2, 0.25) is 0 Å². The summed E-state index contributed by atoms with van der Waals surface area (Å²) in [5, 5.41) is 16.0. The molecule has 0 aliphatic carbocycles. The summed E-state index contributed by atoms with van der Waals surface area (Å²) in [6.07, 6.45) is 1.72. The van der Waals surface area contributed by atoms with Crippen LogP contribution in [0.3, 0.4) is 0 Å². The van der Waals surface area contributed by atoms with Gasteiger partial charge in [-0.2, -0.15) is 5.10 Å². The van der Waals surface area contributed by atoms with Crippen LogP contribution in [0.15, 0.2) is 17.6 Å². The highest BCUT2D eigenvalue weighted by Crippen LogP contribution is 2.30. The minimum atomic E-state index is -0.966. The van der Waals surface area contributed by atoms with E-state index in [0.717, 1.165) is 17.2 Å². The van der Waals surface area contributed by atoms with Crippen LogP contribution in [0.4, 0.5) is 0 Å². The zero-order valence-electron chi connectivity index (χ0n) is 10.5. The first-order valence-corrected chi connectivity index (χ1v) is 6.56. The third kappa shape index (κ3) is 2.03. The van der Waals surface area contributed by atoms with Gasteiger partial charge in [-0.05, 0) is 26.8 Å². The van der Waals surface area contributed by atoms with Gasteiger partial charge in [0.1, 0.15) is 10.4 Å². The van der Waals surface area contributed by atoms with E-state index >= 15 is 0 Å². The van der Waals surface area contributed by atoms with E-state index in [4.69, 9.17) is 0 Å². The molecule has 0 aliphatic heterocycles. The number of carboxylic acid groups (broad SMARTS) is 1. The summed E-state index contributed by atoms with van der Waals surface area (Å²) in [7, 11) is 0. The SMILES string of the molecule is CCn1nccc1-c1nc(C(C)(C)C(=O)O)cs1. The Morgan fingerprint density at radius 1 is 1.56 bits per heavy atom. The van der Waals surface area contributed by atoms with E-state index in [1.165, 1.54) is 11.3 Å². The molecule has 2 aromatic heterocycles. The van der Waals surface area contributed by atoms with Crippen LogP contribution in [0.1, 0.15) is 26.5 Å². The molecule has 0 unspecified atom stereocenters. The van der Waals surface area contributed by atoms with Gasteiger partial charge < -0.3 is 5.11 Å². The number of hydrogen-bond acceptors (Lipinski definition) is 4. The zero-order valence-corrected chi connectivity index (χ0v) is 11.4. The molecule has 0 saturated carbocycles. The van der Waals surface area contributed by atoms with Crippen molar-refractivity contribution in [2.24, 2.45) is 0 Å². The predicted octanol–water partition coefficient (Wildman–Crippen LogP) is 2.39. The van der Waals surface area contributed by atoms with Gasteiger partial charge in [-0.1, -0.05) is 0 Å². The number of aromatic nitrogens is 3. The molecule has 18 heavy (non-hydrogen) atoms. The van der Waals surface area contributed by atoms with Crippen LogP contribution in [0.5, 0.6) is 0 Å². The first-order chi connectivity index (χ1) is 8.46. The fourth-order valence-electron chi connectivity index (χ4n) is 1.55. The molecule has 2 aromatic rings. The fourth-order valence-corrected chi connectivity index (χ4v) is 2.57. The van der Waals surface area contributed by atoms with Crippen molar-refractivity contribution < 1.29 is 9.90 Å². The number of carboxylic acids is 1. The van der Waals surface area contributed by atoms with Gasteiger partial charge in [-0.25, -0.2) is 4.98 Å². The second kappa shape index (κ2) is 4.53. The number of nitrogens with zero attached hydrogens (tertiary/aromatic N) is 3. The summed E-state index contributed by atoms with van der Waals surface area (Å²) in [5.74, 6) is -0.872. The molecule has 2 heterocycles. The molecule has 6 heteroatoms. The maximum atomic E-state index is 11.2. The van der Waals surface area contributed by atoms with Gasteiger partial charge in [0, 0.05) is 18.1 Å². The average molecular weight is 265 g/mol. The summed E-state index contributed by atoms with van der Waals surface area (Å²) in [5.41, 5.74) is 0.542. The first kappa shape index (κ1) is 12.8.